The maximum atomic E-state index is 9.04. The average Bonchev–Trinajstić information content (AvgIpc) is 1.54. The third kappa shape index (κ3) is 1.72. The standard InChI is InChI=1S/C7H12O3/c1-7(2)4-5(8)3-6(9)10-7/h3,6,8-9H,4H2,1-2H3. The van der Waals surface area contributed by atoms with Crippen LogP contribution in [0.3, 0.4) is 0 Å². The van der Waals surface area contributed by atoms with Crippen molar-refractivity contribution in [2.24, 2.45) is 0 Å². The van der Waals surface area contributed by atoms with Crippen LogP contribution in [0, 0.1) is 0 Å². The summed E-state index contributed by atoms with van der Waals surface area (Å²) in [5.74, 6) is 0.198. The number of aliphatic hydroxyl groups excluding tert-OH is 2. The Labute approximate surface area is 59.9 Å². The van der Waals surface area contributed by atoms with Gasteiger partial charge in [-0.15, -0.1) is 0 Å². The van der Waals surface area contributed by atoms with Crippen LogP contribution in [0.1, 0.15) is 20.3 Å². The Morgan fingerprint density at radius 2 is 2.30 bits per heavy atom. The summed E-state index contributed by atoms with van der Waals surface area (Å²) < 4.78 is 5.06. The first-order valence-corrected chi connectivity index (χ1v) is 3.25. The van der Waals surface area contributed by atoms with Crippen LogP contribution < -0.4 is 0 Å². The second-order valence-electron chi connectivity index (χ2n) is 3.10. The Balaban J connectivity index is 2.70. The summed E-state index contributed by atoms with van der Waals surface area (Å²) in [4.78, 5) is 0. The van der Waals surface area contributed by atoms with Gasteiger partial charge < -0.3 is 14.9 Å². The van der Waals surface area contributed by atoms with Crippen LogP contribution in [0.2, 0.25) is 0 Å². The van der Waals surface area contributed by atoms with E-state index in [2.05, 4.69) is 0 Å². The van der Waals surface area contributed by atoms with Crippen molar-refractivity contribution in [2.45, 2.75) is 32.2 Å². The summed E-state index contributed by atoms with van der Waals surface area (Å²) in [5, 5.41) is 18.0. The molecular weight excluding hydrogens is 132 g/mol. The molecule has 10 heavy (non-hydrogen) atoms. The molecule has 0 aromatic carbocycles. The molecule has 0 aromatic heterocycles. The summed E-state index contributed by atoms with van der Waals surface area (Å²) in [6.45, 7) is 3.64. The Morgan fingerprint density at radius 3 is 2.70 bits per heavy atom. The lowest BCUT2D eigenvalue weighted by Crippen LogP contribution is -2.34. The highest BCUT2D eigenvalue weighted by Gasteiger charge is 2.27. The molecule has 1 atom stereocenters. The molecule has 58 valence electrons. The highest BCUT2D eigenvalue weighted by molar-refractivity contribution is 5.02. The number of rotatable bonds is 0. The maximum absolute atomic E-state index is 9.04. The molecule has 3 nitrogen and oxygen atoms in total. The van der Waals surface area contributed by atoms with Crippen LogP contribution >= 0.6 is 0 Å². The van der Waals surface area contributed by atoms with Crippen LogP contribution in [0.4, 0.5) is 0 Å². The van der Waals surface area contributed by atoms with Gasteiger partial charge in [-0.1, -0.05) is 0 Å². The van der Waals surface area contributed by atoms with Gasteiger partial charge in [0.1, 0.15) is 0 Å². The minimum absolute atomic E-state index is 0.198. The highest BCUT2D eigenvalue weighted by Crippen LogP contribution is 2.25. The molecule has 0 spiro atoms. The van der Waals surface area contributed by atoms with Gasteiger partial charge in [-0.05, 0) is 13.8 Å². The first kappa shape index (κ1) is 7.57. The number of hydrogen-bond acceptors (Lipinski definition) is 3. The normalized spacial score (nSPS) is 31.5. The van der Waals surface area contributed by atoms with Gasteiger partial charge in [0.15, 0.2) is 6.29 Å². The minimum atomic E-state index is -0.955. The van der Waals surface area contributed by atoms with E-state index in [4.69, 9.17) is 14.9 Å². The van der Waals surface area contributed by atoms with E-state index in [0.29, 0.717) is 6.42 Å². The summed E-state index contributed by atoms with van der Waals surface area (Å²) in [5.41, 5.74) is -0.446. The summed E-state index contributed by atoms with van der Waals surface area (Å²) >= 11 is 0. The second-order valence-corrected chi connectivity index (χ2v) is 3.10. The predicted molar refractivity (Wildman–Crippen MR) is 36.5 cm³/mol. The molecule has 0 radical (unpaired) electrons. The van der Waals surface area contributed by atoms with E-state index < -0.39 is 11.9 Å². The number of hydrogen-bond donors (Lipinski definition) is 2. The zero-order valence-corrected chi connectivity index (χ0v) is 6.16. The SMILES string of the molecule is CC1(C)CC(O)=CC(O)O1. The lowest BCUT2D eigenvalue weighted by atomic mass is 10.0. The molecule has 0 saturated carbocycles. The molecule has 1 unspecified atom stereocenters. The Bertz CT molecular complexity index is 160. The summed E-state index contributed by atoms with van der Waals surface area (Å²) in [6.07, 6.45) is 0.804. The quantitative estimate of drug-likeness (QED) is 0.532. The minimum Gasteiger partial charge on any atom is -0.512 e. The van der Waals surface area contributed by atoms with E-state index in [1.807, 2.05) is 13.8 Å². The molecule has 1 rings (SSSR count). The fourth-order valence-corrected chi connectivity index (χ4v) is 1.06. The predicted octanol–water partition coefficient (Wildman–Crippen LogP) is 0.946. The van der Waals surface area contributed by atoms with Gasteiger partial charge in [0, 0.05) is 12.5 Å². The molecule has 2 N–H and O–H groups in total. The smallest absolute Gasteiger partial charge is 0.178 e. The zero-order chi connectivity index (χ0) is 7.78. The third-order valence-electron chi connectivity index (χ3n) is 1.38. The van der Waals surface area contributed by atoms with Gasteiger partial charge >= 0.3 is 0 Å². The van der Waals surface area contributed by atoms with Crippen LogP contribution in [-0.4, -0.2) is 22.1 Å². The average molecular weight is 144 g/mol. The Kier molecular flexibility index (Phi) is 1.70. The van der Waals surface area contributed by atoms with Crippen molar-refractivity contribution in [3.8, 4) is 0 Å². The molecule has 0 amide bonds. The largest absolute Gasteiger partial charge is 0.512 e. The van der Waals surface area contributed by atoms with Gasteiger partial charge in [-0.2, -0.15) is 0 Å². The second kappa shape index (κ2) is 2.25. The van der Waals surface area contributed by atoms with Crippen molar-refractivity contribution in [1.82, 2.24) is 0 Å². The molecule has 3 heteroatoms. The van der Waals surface area contributed by atoms with Crippen molar-refractivity contribution in [3.05, 3.63) is 11.8 Å². The lowest BCUT2D eigenvalue weighted by molar-refractivity contribution is -0.158. The van der Waals surface area contributed by atoms with Crippen LogP contribution in [-0.2, 0) is 4.74 Å². The first-order valence-electron chi connectivity index (χ1n) is 3.25. The number of aliphatic hydroxyl groups is 2. The highest BCUT2D eigenvalue weighted by atomic mass is 16.6. The van der Waals surface area contributed by atoms with Crippen LogP contribution in [0.5, 0.6) is 0 Å². The van der Waals surface area contributed by atoms with Gasteiger partial charge in [-0.3, -0.25) is 0 Å². The van der Waals surface area contributed by atoms with Crippen LogP contribution in [0.15, 0.2) is 11.8 Å². The van der Waals surface area contributed by atoms with Crippen molar-refractivity contribution >= 4 is 0 Å². The van der Waals surface area contributed by atoms with Crippen molar-refractivity contribution in [3.63, 3.8) is 0 Å². The maximum Gasteiger partial charge on any atom is 0.178 e. The molecule has 0 aromatic rings. The van der Waals surface area contributed by atoms with Crippen molar-refractivity contribution in [2.75, 3.05) is 0 Å². The van der Waals surface area contributed by atoms with Gasteiger partial charge in [0.2, 0.25) is 0 Å². The molecule has 1 aliphatic heterocycles. The number of ether oxygens (including phenoxy) is 1. The van der Waals surface area contributed by atoms with E-state index in [1.54, 1.807) is 0 Å². The zero-order valence-electron chi connectivity index (χ0n) is 6.16. The molecule has 0 saturated heterocycles. The van der Waals surface area contributed by atoms with Crippen molar-refractivity contribution < 1.29 is 14.9 Å². The topological polar surface area (TPSA) is 49.7 Å². The lowest BCUT2D eigenvalue weighted by Gasteiger charge is -2.30. The Morgan fingerprint density at radius 1 is 1.70 bits per heavy atom. The fourth-order valence-electron chi connectivity index (χ4n) is 1.06. The molecule has 1 heterocycles. The Hall–Kier alpha value is -0.540. The van der Waals surface area contributed by atoms with E-state index in [1.165, 1.54) is 6.08 Å². The molecule has 0 fully saturated rings. The van der Waals surface area contributed by atoms with Crippen LogP contribution in [0.25, 0.3) is 0 Å². The molecule has 1 aliphatic rings. The molecule has 0 bridgehead atoms. The van der Waals surface area contributed by atoms with Gasteiger partial charge in [-0.25, -0.2) is 0 Å². The first-order chi connectivity index (χ1) is 4.49. The molecule has 0 aliphatic carbocycles. The van der Waals surface area contributed by atoms with E-state index in [9.17, 15) is 0 Å². The summed E-state index contributed by atoms with van der Waals surface area (Å²) in [6, 6.07) is 0. The summed E-state index contributed by atoms with van der Waals surface area (Å²) in [7, 11) is 0. The van der Waals surface area contributed by atoms with Gasteiger partial charge in [0.05, 0.1) is 11.4 Å². The fraction of sp³-hybridized carbons (Fsp3) is 0.714. The monoisotopic (exact) mass is 144 g/mol. The van der Waals surface area contributed by atoms with E-state index >= 15 is 0 Å². The van der Waals surface area contributed by atoms with E-state index in [-0.39, 0.29) is 5.76 Å². The third-order valence-corrected chi connectivity index (χ3v) is 1.38. The molecular formula is C7H12O3. The van der Waals surface area contributed by atoms with Gasteiger partial charge in [0.25, 0.3) is 0 Å². The van der Waals surface area contributed by atoms with Crippen molar-refractivity contribution in [1.29, 1.82) is 0 Å². The van der Waals surface area contributed by atoms with E-state index in [0.717, 1.165) is 0 Å².